The van der Waals surface area contributed by atoms with Crippen LogP contribution in [0.2, 0.25) is 0 Å². The van der Waals surface area contributed by atoms with Gasteiger partial charge in [0.25, 0.3) is 0 Å². The molecule has 4 nitrogen and oxygen atoms in total. The fourth-order valence-electron chi connectivity index (χ4n) is 12.1. The van der Waals surface area contributed by atoms with Crippen LogP contribution in [0.3, 0.4) is 0 Å². The van der Waals surface area contributed by atoms with E-state index in [0.29, 0.717) is 21.6 Å². The van der Waals surface area contributed by atoms with Gasteiger partial charge in [-0.1, -0.05) is 115 Å². The Hall–Kier alpha value is -5.91. The molecule has 4 bridgehead atoms. The Morgan fingerprint density at radius 2 is 1.14 bits per heavy atom. The molecule has 4 saturated carbocycles. The predicted octanol–water partition coefficient (Wildman–Crippen LogP) is 13.3. The molecular formula is C52H41NO3S. The van der Waals surface area contributed by atoms with E-state index in [1.54, 1.807) is 0 Å². The molecule has 13 rings (SSSR count). The SMILES string of the molecule is O=S1(=O)c2ccccc2C2(c3cc(N(c4cccc(-c5cccc6c5oc5ccccc56)c4)c4ccccc4-c4ccccc4)ccc31)[C@H]1C[C@H]3C[C@H](C[C@H]2C3)C1. The monoisotopic (exact) mass is 759 g/mol. The van der Waals surface area contributed by atoms with Crippen molar-refractivity contribution in [2.45, 2.75) is 47.3 Å². The van der Waals surface area contributed by atoms with Crippen molar-refractivity contribution in [2.75, 3.05) is 4.90 Å². The lowest BCUT2D eigenvalue weighted by Gasteiger charge is -2.63. The fourth-order valence-corrected chi connectivity index (χ4v) is 13.9. The highest BCUT2D eigenvalue weighted by Gasteiger charge is 2.62. The van der Waals surface area contributed by atoms with E-state index in [4.69, 9.17) is 4.42 Å². The molecule has 0 amide bonds. The topological polar surface area (TPSA) is 50.5 Å². The number of rotatable bonds is 5. The first kappa shape index (κ1) is 33.3. The van der Waals surface area contributed by atoms with Gasteiger partial charge in [-0.3, -0.25) is 0 Å². The smallest absolute Gasteiger partial charge is 0.207 e. The third-order valence-electron chi connectivity index (χ3n) is 14.1. The first-order valence-electron chi connectivity index (χ1n) is 20.4. The van der Waals surface area contributed by atoms with Crippen molar-refractivity contribution in [3.8, 4) is 22.3 Å². The van der Waals surface area contributed by atoms with Crippen molar-refractivity contribution in [2.24, 2.45) is 23.7 Å². The molecule has 1 aliphatic heterocycles. The van der Waals surface area contributed by atoms with Crippen molar-refractivity contribution >= 4 is 48.8 Å². The second kappa shape index (κ2) is 12.3. The average Bonchev–Trinajstić information content (AvgIpc) is 3.63. The first-order chi connectivity index (χ1) is 28.0. The van der Waals surface area contributed by atoms with Gasteiger partial charge in [0.15, 0.2) is 0 Å². The lowest BCUT2D eigenvalue weighted by molar-refractivity contribution is -0.0446. The summed E-state index contributed by atoms with van der Waals surface area (Å²) in [5.74, 6) is 2.31. The molecule has 0 radical (unpaired) electrons. The van der Waals surface area contributed by atoms with Crippen LogP contribution in [0.5, 0.6) is 0 Å². The largest absolute Gasteiger partial charge is 0.455 e. The van der Waals surface area contributed by atoms with Crippen LogP contribution < -0.4 is 4.90 Å². The number of hydrogen-bond acceptors (Lipinski definition) is 4. The first-order valence-corrected chi connectivity index (χ1v) is 21.9. The molecular weight excluding hydrogens is 719 g/mol. The highest BCUT2D eigenvalue weighted by Crippen LogP contribution is 2.68. The maximum atomic E-state index is 14.7. The molecule has 0 saturated heterocycles. The molecule has 7 aromatic carbocycles. The number of fused-ring (bicyclic) bond motifs is 5. The van der Waals surface area contributed by atoms with E-state index in [9.17, 15) is 8.42 Å². The molecule has 5 heteroatoms. The van der Waals surface area contributed by atoms with E-state index < -0.39 is 9.84 Å². The van der Waals surface area contributed by atoms with Crippen LogP contribution >= 0.6 is 0 Å². The number of sulfone groups is 1. The van der Waals surface area contributed by atoms with Crippen molar-refractivity contribution in [1.82, 2.24) is 0 Å². The Kier molecular flexibility index (Phi) is 7.17. The zero-order valence-corrected chi connectivity index (χ0v) is 32.3. The average molecular weight is 760 g/mol. The summed E-state index contributed by atoms with van der Waals surface area (Å²) >= 11 is 0. The zero-order valence-electron chi connectivity index (χ0n) is 31.5. The van der Waals surface area contributed by atoms with Gasteiger partial charge in [-0.2, -0.15) is 0 Å². The van der Waals surface area contributed by atoms with Crippen LogP contribution in [-0.2, 0) is 15.3 Å². The third kappa shape index (κ3) is 4.75. The molecule has 4 fully saturated rings. The molecule has 1 spiro atoms. The van der Waals surface area contributed by atoms with E-state index in [0.717, 1.165) is 84.2 Å². The molecule has 5 aliphatic rings. The van der Waals surface area contributed by atoms with Crippen LogP contribution in [0.4, 0.5) is 17.1 Å². The number of anilines is 3. The summed E-state index contributed by atoms with van der Waals surface area (Å²) in [6, 6.07) is 56.7. The van der Waals surface area contributed by atoms with Gasteiger partial charge in [-0.05, 0) is 127 Å². The Morgan fingerprint density at radius 3 is 1.98 bits per heavy atom. The van der Waals surface area contributed by atoms with Gasteiger partial charge in [-0.15, -0.1) is 0 Å². The second-order valence-corrected chi connectivity index (χ2v) is 18.8. The molecule has 0 atom stereocenters. The Morgan fingerprint density at radius 1 is 0.509 bits per heavy atom. The summed E-state index contributed by atoms with van der Waals surface area (Å²) in [6.45, 7) is 0. The fraction of sp³-hybridized carbons (Fsp3) is 0.192. The van der Waals surface area contributed by atoms with Gasteiger partial charge in [0.2, 0.25) is 9.84 Å². The normalized spacial score (nSPS) is 23.8. The molecule has 0 unspecified atom stereocenters. The molecule has 0 N–H and O–H groups in total. The highest BCUT2D eigenvalue weighted by atomic mass is 32.2. The third-order valence-corrected chi connectivity index (χ3v) is 15.9. The van der Waals surface area contributed by atoms with E-state index in [1.807, 2.05) is 36.4 Å². The minimum Gasteiger partial charge on any atom is -0.455 e. The summed E-state index contributed by atoms with van der Waals surface area (Å²) in [5, 5.41) is 2.20. The van der Waals surface area contributed by atoms with Crippen LogP contribution in [0.25, 0.3) is 44.2 Å². The number of hydrogen-bond donors (Lipinski definition) is 0. The second-order valence-electron chi connectivity index (χ2n) is 16.9. The Bertz CT molecular complexity index is 2990. The van der Waals surface area contributed by atoms with Gasteiger partial charge in [-0.25, -0.2) is 8.42 Å². The summed E-state index contributed by atoms with van der Waals surface area (Å²) in [7, 11) is -3.74. The number of nitrogens with zero attached hydrogens (tertiary/aromatic N) is 1. The minimum absolute atomic E-state index is 0.343. The highest BCUT2D eigenvalue weighted by molar-refractivity contribution is 7.91. The van der Waals surface area contributed by atoms with E-state index >= 15 is 0 Å². The lowest BCUT2D eigenvalue weighted by Crippen LogP contribution is -2.57. The summed E-state index contributed by atoms with van der Waals surface area (Å²) < 4.78 is 36.0. The van der Waals surface area contributed by atoms with Crippen LogP contribution in [0.15, 0.2) is 178 Å². The van der Waals surface area contributed by atoms with Crippen LogP contribution in [-0.4, -0.2) is 8.42 Å². The number of furan rings is 1. The van der Waals surface area contributed by atoms with Gasteiger partial charge in [0.05, 0.1) is 15.5 Å². The van der Waals surface area contributed by atoms with Crippen molar-refractivity contribution in [3.05, 3.63) is 175 Å². The van der Waals surface area contributed by atoms with Gasteiger partial charge in [0.1, 0.15) is 11.2 Å². The quantitative estimate of drug-likeness (QED) is 0.175. The Balaban J connectivity index is 1.11. The standard InChI is InChI=1S/C52H41NO3S/c54-57(55)49-23-9-6-20-45(49)52(37-27-33-26-34(29-37)30-38(52)28-33)46-32-40(24-25-50(46)57)53(47-21-7-4-16-41(47)35-12-2-1-3-13-35)39-15-10-14-36(31-39)42-18-11-19-44-43-17-5-8-22-48(43)56-51(42)44/h1-25,31-34,37-38H,26-30H2/t33-,34+,37+,38-,52?. The van der Waals surface area contributed by atoms with Crippen molar-refractivity contribution < 1.29 is 12.8 Å². The van der Waals surface area contributed by atoms with Gasteiger partial charge < -0.3 is 9.32 Å². The molecule has 1 aromatic heterocycles. The molecule has 2 heterocycles. The van der Waals surface area contributed by atoms with Crippen molar-refractivity contribution in [1.29, 1.82) is 0 Å². The molecule has 278 valence electrons. The molecule has 4 aliphatic carbocycles. The minimum atomic E-state index is -3.74. The number of para-hydroxylation sites is 3. The zero-order chi connectivity index (χ0) is 37.9. The summed E-state index contributed by atoms with van der Waals surface area (Å²) in [6.07, 6.45) is 6.00. The molecule has 8 aromatic rings. The van der Waals surface area contributed by atoms with Gasteiger partial charge in [0, 0.05) is 38.7 Å². The number of benzene rings is 7. The summed E-state index contributed by atoms with van der Waals surface area (Å²) in [5.41, 5.74) is 10.7. The van der Waals surface area contributed by atoms with Crippen molar-refractivity contribution in [3.63, 3.8) is 0 Å². The van der Waals surface area contributed by atoms with Crippen LogP contribution in [0, 0.1) is 23.7 Å². The van der Waals surface area contributed by atoms with Gasteiger partial charge >= 0.3 is 0 Å². The lowest BCUT2D eigenvalue weighted by atomic mass is 9.42. The van der Waals surface area contributed by atoms with E-state index in [2.05, 4.69) is 132 Å². The van der Waals surface area contributed by atoms with E-state index in [1.165, 1.54) is 32.1 Å². The van der Waals surface area contributed by atoms with Crippen LogP contribution in [0.1, 0.15) is 43.2 Å². The Labute approximate surface area is 333 Å². The predicted molar refractivity (Wildman–Crippen MR) is 229 cm³/mol. The summed E-state index contributed by atoms with van der Waals surface area (Å²) in [4.78, 5) is 3.34. The maximum Gasteiger partial charge on any atom is 0.207 e. The maximum absolute atomic E-state index is 14.7. The molecule has 57 heavy (non-hydrogen) atoms. The van der Waals surface area contributed by atoms with E-state index in [-0.39, 0.29) is 5.41 Å².